The fourth-order valence-corrected chi connectivity index (χ4v) is 2.38. The summed E-state index contributed by atoms with van der Waals surface area (Å²) >= 11 is 0. The molecule has 0 spiro atoms. The summed E-state index contributed by atoms with van der Waals surface area (Å²) in [5.74, 6) is -1.75. The highest BCUT2D eigenvalue weighted by molar-refractivity contribution is 7.92. The molecule has 0 aliphatic carbocycles. The number of aromatic nitrogens is 1. The topological polar surface area (TPSA) is 59.1 Å². The van der Waals surface area contributed by atoms with Gasteiger partial charge < -0.3 is 0 Å². The average Bonchev–Trinajstić information content (AvgIpc) is 2.32. The third-order valence-electron chi connectivity index (χ3n) is 2.10. The molecule has 1 heterocycles. The van der Waals surface area contributed by atoms with Crippen molar-refractivity contribution in [3.63, 3.8) is 0 Å². The van der Waals surface area contributed by atoms with Crippen LogP contribution in [0.5, 0.6) is 0 Å². The number of hydrogen-bond acceptors (Lipinski definition) is 3. The lowest BCUT2D eigenvalue weighted by Crippen LogP contribution is -2.16. The maximum atomic E-state index is 13.3. The van der Waals surface area contributed by atoms with Gasteiger partial charge in [-0.2, -0.15) is 8.42 Å². The first kappa shape index (κ1) is 12.4. The molecule has 94 valence electrons. The standard InChI is InChI=1S/C11H8F2N2O2S/c12-8-4-1-2-6-10(8)15-18(16,17)11-9(13)5-3-7-14-11/h1-7,15H. The Hall–Kier alpha value is -2.02. The van der Waals surface area contributed by atoms with Crippen LogP contribution in [0.2, 0.25) is 0 Å². The summed E-state index contributed by atoms with van der Waals surface area (Å²) in [6.45, 7) is 0. The summed E-state index contributed by atoms with van der Waals surface area (Å²) in [5, 5.41) is -0.770. The molecule has 0 atom stereocenters. The molecule has 2 aromatic rings. The molecule has 0 unspecified atom stereocenters. The number of halogens is 2. The summed E-state index contributed by atoms with van der Waals surface area (Å²) in [4.78, 5) is 3.43. The molecule has 0 radical (unpaired) electrons. The van der Waals surface area contributed by atoms with Crippen LogP contribution in [0, 0.1) is 11.6 Å². The van der Waals surface area contributed by atoms with E-state index in [4.69, 9.17) is 0 Å². The second-order valence-electron chi connectivity index (χ2n) is 3.38. The van der Waals surface area contributed by atoms with Crippen LogP contribution in [-0.2, 0) is 10.0 Å². The highest BCUT2D eigenvalue weighted by atomic mass is 32.2. The zero-order valence-corrected chi connectivity index (χ0v) is 9.79. The zero-order chi connectivity index (χ0) is 13.2. The van der Waals surface area contributed by atoms with Crippen molar-refractivity contribution in [2.24, 2.45) is 0 Å². The van der Waals surface area contributed by atoms with Gasteiger partial charge in [0.25, 0.3) is 10.0 Å². The Morgan fingerprint density at radius 3 is 2.33 bits per heavy atom. The lowest BCUT2D eigenvalue weighted by molar-refractivity contribution is 0.556. The zero-order valence-electron chi connectivity index (χ0n) is 8.97. The van der Waals surface area contributed by atoms with E-state index in [0.29, 0.717) is 0 Å². The van der Waals surface area contributed by atoms with Crippen LogP contribution in [0.25, 0.3) is 0 Å². The Labute approximate surface area is 102 Å². The van der Waals surface area contributed by atoms with Gasteiger partial charge in [0.05, 0.1) is 5.69 Å². The number of para-hydroxylation sites is 1. The molecule has 0 saturated carbocycles. The molecule has 0 amide bonds. The lowest BCUT2D eigenvalue weighted by atomic mass is 10.3. The molecule has 0 bridgehead atoms. The van der Waals surface area contributed by atoms with Gasteiger partial charge in [-0.25, -0.2) is 13.8 Å². The molecule has 7 heteroatoms. The monoisotopic (exact) mass is 270 g/mol. The largest absolute Gasteiger partial charge is 0.282 e. The molecule has 18 heavy (non-hydrogen) atoms. The summed E-state index contributed by atoms with van der Waals surface area (Å²) in [6, 6.07) is 7.41. The minimum Gasteiger partial charge on any atom is -0.275 e. The highest BCUT2D eigenvalue weighted by Gasteiger charge is 2.21. The fraction of sp³-hybridized carbons (Fsp3) is 0. The molecule has 0 fully saturated rings. The lowest BCUT2D eigenvalue weighted by Gasteiger charge is -2.08. The Kier molecular flexibility index (Phi) is 3.24. The molecule has 1 aromatic heterocycles. The van der Waals surface area contributed by atoms with E-state index < -0.39 is 26.7 Å². The molecule has 0 aliphatic rings. The Balaban J connectivity index is 2.40. The van der Waals surface area contributed by atoms with Crippen molar-refractivity contribution < 1.29 is 17.2 Å². The van der Waals surface area contributed by atoms with E-state index in [1.54, 1.807) is 0 Å². The second kappa shape index (κ2) is 4.69. The maximum Gasteiger partial charge on any atom is 0.282 e. The van der Waals surface area contributed by atoms with E-state index in [9.17, 15) is 17.2 Å². The van der Waals surface area contributed by atoms with Crippen molar-refractivity contribution in [3.8, 4) is 0 Å². The van der Waals surface area contributed by atoms with E-state index in [1.807, 2.05) is 4.72 Å². The van der Waals surface area contributed by atoms with Crippen LogP contribution in [0.15, 0.2) is 47.6 Å². The summed E-state index contributed by atoms with van der Waals surface area (Å²) < 4.78 is 52.1. The van der Waals surface area contributed by atoms with Crippen molar-refractivity contribution >= 4 is 15.7 Å². The van der Waals surface area contributed by atoms with Crippen molar-refractivity contribution in [2.45, 2.75) is 5.03 Å². The van der Waals surface area contributed by atoms with Gasteiger partial charge >= 0.3 is 0 Å². The van der Waals surface area contributed by atoms with Gasteiger partial charge in [-0.3, -0.25) is 4.72 Å². The summed E-state index contributed by atoms with van der Waals surface area (Å²) in [6.07, 6.45) is 1.14. The SMILES string of the molecule is O=S(=O)(Nc1ccccc1F)c1ncccc1F. The third kappa shape index (κ3) is 2.45. The number of anilines is 1. The number of rotatable bonds is 3. The van der Waals surface area contributed by atoms with E-state index in [0.717, 1.165) is 18.3 Å². The van der Waals surface area contributed by atoms with Crippen molar-refractivity contribution in [2.75, 3.05) is 4.72 Å². The normalized spacial score (nSPS) is 11.2. The number of hydrogen-bond donors (Lipinski definition) is 1. The van der Waals surface area contributed by atoms with Gasteiger partial charge in [0.1, 0.15) is 5.82 Å². The predicted octanol–water partition coefficient (Wildman–Crippen LogP) is 2.16. The van der Waals surface area contributed by atoms with Gasteiger partial charge in [0.2, 0.25) is 5.03 Å². The van der Waals surface area contributed by atoms with Gasteiger partial charge in [-0.05, 0) is 24.3 Å². The average molecular weight is 270 g/mol. The molecule has 1 aromatic carbocycles. The molecule has 4 nitrogen and oxygen atoms in total. The van der Waals surface area contributed by atoms with Crippen molar-refractivity contribution in [1.82, 2.24) is 4.98 Å². The fourth-order valence-electron chi connectivity index (χ4n) is 1.31. The molecule has 1 N–H and O–H groups in total. The predicted molar refractivity (Wildman–Crippen MR) is 61.4 cm³/mol. The maximum absolute atomic E-state index is 13.3. The molecule has 0 aliphatic heterocycles. The van der Waals surface area contributed by atoms with E-state index in [1.165, 1.54) is 24.3 Å². The van der Waals surface area contributed by atoms with Crippen molar-refractivity contribution in [3.05, 3.63) is 54.2 Å². The van der Waals surface area contributed by atoms with Gasteiger partial charge in [0, 0.05) is 6.20 Å². The summed E-state index contributed by atoms with van der Waals surface area (Å²) in [5.41, 5.74) is -0.262. The molecular formula is C11H8F2N2O2S. The first-order valence-corrected chi connectivity index (χ1v) is 6.37. The van der Waals surface area contributed by atoms with Crippen molar-refractivity contribution in [1.29, 1.82) is 0 Å². The minimum atomic E-state index is -4.24. The number of nitrogens with one attached hydrogen (secondary N) is 1. The van der Waals surface area contributed by atoms with Crippen LogP contribution in [-0.4, -0.2) is 13.4 Å². The van der Waals surface area contributed by atoms with Crippen LogP contribution in [0.3, 0.4) is 0 Å². The minimum absolute atomic E-state index is 0.262. The first-order valence-electron chi connectivity index (χ1n) is 4.88. The molecular weight excluding hydrogens is 262 g/mol. The Bertz CT molecular complexity index is 674. The van der Waals surface area contributed by atoms with Gasteiger partial charge in [-0.1, -0.05) is 12.1 Å². The number of pyridine rings is 1. The third-order valence-corrected chi connectivity index (χ3v) is 3.40. The smallest absolute Gasteiger partial charge is 0.275 e. The van der Waals surface area contributed by atoms with Crippen LogP contribution in [0.4, 0.5) is 14.5 Å². The molecule has 2 rings (SSSR count). The highest BCUT2D eigenvalue weighted by Crippen LogP contribution is 2.18. The van der Waals surface area contributed by atoms with Crippen LogP contribution < -0.4 is 4.72 Å². The molecule has 0 saturated heterocycles. The van der Waals surface area contributed by atoms with E-state index >= 15 is 0 Å². The summed E-state index contributed by atoms with van der Waals surface area (Å²) in [7, 11) is -4.24. The van der Waals surface area contributed by atoms with Crippen LogP contribution >= 0.6 is 0 Å². The number of benzene rings is 1. The Morgan fingerprint density at radius 2 is 1.67 bits per heavy atom. The first-order chi connectivity index (χ1) is 8.50. The number of nitrogens with zero attached hydrogens (tertiary/aromatic N) is 1. The van der Waals surface area contributed by atoms with E-state index in [2.05, 4.69) is 4.98 Å². The Morgan fingerprint density at radius 1 is 1.00 bits per heavy atom. The quantitative estimate of drug-likeness (QED) is 0.929. The van der Waals surface area contributed by atoms with Gasteiger partial charge in [0.15, 0.2) is 5.82 Å². The van der Waals surface area contributed by atoms with Crippen LogP contribution in [0.1, 0.15) is 0 Å². The second-order valence-corrected chi connectivity index (χ2v) is 4.97. The van der Waals surface area contributed by atoms with E-state index in [-0.39, 0.29) is 5.69 Å². The van der Waals surface area contributed by atoms with Gasteiger partial charge in [-0.15, -0.1) is 0 Å². The number of sulfonamides is 1.